The molecule has 1 unspecified atom stereocenters. The minimum absolute atomic E-state index is 0.138. The molecule has 1 aromatic carbocycles. The molecule has 108 valence electrons. The lowest BCUT2D eigenvalue weighted by Crippen LogP contribution is -2.26. The molecule has 1 amide bonds. The Hall–Kier alpha value is -2.16. The fraction of sp³-hybridized carbons (Fsp3) is 0.188. The second-order valence-electron chi connectivity index (χ2n) is 4.41. The molecule has 2 N–H and O–H groups in total. The van der Waals surface area contributed by atoms with Crippen LogP contribution in [0.4, 0.5) is 4.39 Å². The molecule has 2 rings (SSSR count). The fourth-order valence-electron chi connectivity index (χ4n) is 1.78. The summed E-state index contributed by atoms with van der Waals surface area (Å²) >= 11 is 1.56. The second-order valence-corrected chi connectivity index (χ2v) is 5.19. The number of rotatable bonds is 3. The zero-order chi connectivity index (χ0) is 15.2. The van der Waals surface area contributed by atoms with Crippen molar-refractivity contribution in [2.75, 3.05) is 6.61 Å². The Bertz CT molecular complexity index is 686. The Morgan fingerprint density at radius 3 is 2.90 bits per heavy atom. The monoisotopic (exact) mass is 303 g/mol. The minimum atomic E-state index is -0.577. The first-order valence-corrected chi connectivity index (χ1v) is 7.28. The van der Waals surface area contributed by atoms with E-state index in [4.69, 9.17) is 5.11 Å². The second kappa shape index (κ2) is 7.02. The van der Waals surface area contributed by atoms with Crippen LogP contribution in [0.3, 0.4) is 0 Å². The molecule has 0 saturated carbocycles. The first kappa shape index (κ1) is 15.2. The van der Waals surface area contributed by atoms with E-state index in [0.717, 1.165) is 11.6 Å². The first-order chi connectivity index (χ1) is 10.1. The molecular formula is C16H14FNO2S. The highest BCUT2D eigenvalue weighted by atomic mass is 32.1. The van der Waals surface area contributed by atoms with Crippen molar-refractivity contribution in [1.29, 1.82) is 0 Å². The third-order valence-electron chi connectivity index (χ3n) is 2.92. The van der Waals surface area contributed by atoms with E-state index >= 15 is 0 Å². The van der Waals surface area contributed by atoms with Gasteiger partial charge in [-0.25, -0.2) is 4.39 Å². The Morgan fingerprint density at radius 2 is 2.29 bits per heavy atom. The summed E-state index contributed by atoms with van der Waals surface area (Å²) in [6.07, 6.45) is 0. The van der Waals surface area contributed by atoms with Crippen molar-refractivity contribution in [3.63, 3.8) is 0 Å². The van der Waals surface area contributed by atoms with Gasteiger partial charge in [0.15, 0.2) is 0 Å². The topological polar surface area (TPSA) is 49.3 Å². The molecular weight excluding hydrogens is 289 g/mol. The normalized spacial score (nSPS) is 11.4. The SMILES string of the molecule is CC(NC(=O)c1ccc(C#CCO)c(F)c1)c1ccsc1. The number of aliphatic hydroxyl groups excluding tert-OH is 1. The summed E-state index contributed by atoms with van der Waals surface area (Å²) in [5, 5.41) is 15.3. The zero-order valence-electron chi connectivity index (χ0n) is 11.4. The van der Waals surface area contributed by atoms with Gasteiger partial charge in [0.2, 0.25) is 0 Å². The van der Waals surface area contributed by atoms with E-state index in [2.05, 4.69) is 17.2 Å². The Morgan fingerprint density at radius 1 is 1.48 bits per heavy atom. The van der Waals surface area contributed by atoms with Gasteiger partial charge in [-0.15, -0.1) is 0 Å². The lowest BCUT2D eigenvalue weighted by Gasteiger charge is -2.12. The maximum absolute atomic E-state index is 13.8. The van der Waals surface area contributed by atoms with Gasteiger partial charge in [-0.1, -0.05) is 11.8 Å². The fourth-order valence-corrected chi connectivity index (χ4v) is 2.53. The molecule has 3 nitrogen and oxygen atoms in total. The number of carbonyl (C=O) groups excluding carboxylic acids is 1. The number of benzene rings is 1. The summed E-state index contributed by atoms with van der Waals surface area (Å²) in [6, 6.07) is 5.89. The van der Waals surface area contributed by atoms with Gasteiger partial charge < -0.3 is 10.4 Å². The van der Waals surface area contributed by atoms with Crippen molar-refractivity contribution in [3.8, 4) is 11.8 Å². The van der Waals surface area contributed by atoms with Crippen LogP contribution in [0.2, 0.25) is 0 Å². The summed E-state index contributed by atoms with van der Waals surface area (Å²) in [5.41, 5.74) is 1.41. The summed E-state index contributed by atoms with van der Waals surface area (Å²) in [4.78, 5) is 12.1. The standard InChI is InChI=1S/C16H14FNO2S/c1-11(14-6-8-21-10-14)18-16(20)13-5-4-12(3-2-7-19)15(17)9-13/h4-6,8-11,19H,7H2,1H3,(H,18,20). The largest absolute Gasteiger partial charge is 0.384 e. The van der Waals surface area contributed by atoms with Crippen molar-refractivity contribution < 1.29 is 14.3 Å². The summed E-state index contributed by atoms with van der Waals surface area (Å²) in [6.45, 7) is 1.54. The Kier molecular flexibility index (Phi) is 5.09. The number of hydrogen-bond donors (Lipinski definition) is 2. The molecule has 0 aliphatic heterocycles. The van der Waals surface area contributed by atoms with Gasteiger partial charge in [-0.2, -0.15) is 11.3 Å². The maximum Gasteiger partial charge on any atom is 0.251 e. The highest BCUT2D eigenvalue weighted by molar-refractivity contribution is 7.07. The van der Waals surface area contributed by atoms with Crippen molar-refractivity contribution in [2.45, 2.75) is 13.0 Å². The van der Waals surface area contributed by atoms with Crippen LogP contribution in [0.1, 0.15) is 34.5 Å². The Labute approximate surface area is 126 Å². The van der Waals surface area contributed by atoms with Crippen LogP contribution >= 0.6 is 11.3 Å². The van der Waals surface area contributed by atoms with Gasteiger partial charge in [0, 0.05) is 5.56 Å². The van der Waals surface area contributed by atoms with Crippen LogP contribution in [0.5, 0.6) is 0 Å². The van der Waals surface area contributed by atoms with Crippen LogP contribution in [-0.2, 0) is 0 Å². The van der Waals surface area contributed by atoms with E-state index in [1.54, 1.807) is 11.3 Å². The lowest BCUT2D eigenvalue weighted by atomic mass is 10.1. The molecule has 0 fully saturated rings. The molecule has 1 atom stereocenters. The highest BCUT2D eigenvalue weighted by Gasteiger charge is 2.13. The first-order valence-electron chi connectivity index (χ1n) is 6.34. The lowest BCUT2D eigenvalue weighted by molar-refractivity contribution is 0.0939. The number of aliphatic hydroxyl groups is 1. The molecule has 0 spiro atoms. The third-order valence-corrected chi connectivity index (χ3v) is 3.63. The van der Waals surface area contributed by atoms with Crippen LogP contribution in [-0.4, -0.2) is 17.6 Å². The van der Waals surface area contributed by atoms with Crippen LogP contribution in [0.25, 0.3) is 0 Å². The van der Waals surface area contributed by atoms with Crippen molar-refractivity contribution in [1.82, 2.24) is 5.32 Å². The molecule has 0 aliphatic rings. The van der Waals surface area contributed by atoms with Crippen molar-refractivity contribution >= 4 is 17.2 Å². The molecule has 0 aliphatic carbocycles. The predicted octanol–water partition coefficient (Wildman–Crippen LogP) is 2.72. The smallest absolute Gasteiger partial charge is 0.251 e. The molecule has 0 bridgehead atoms. The van der Waals surface area contributed by atoms with Crippen LogP contribution < -0.4 is 5.32 Å². The molecule has 5 heteroatoms. The predicted molar refractivity (Wildman–Crippen MR) is 80.6 cm³/mol. The van der Waals surface area contributed by atoms with Gasteiger partial charge in [-0.05, 0) is 47.5 Å². The molecule has 21 heavy (non-hydrogen) atoms. The van der Waals surface area contributed by atoms with Crippen molar-refractivity contribution in [2.24, 2.45) is 0 Å². The highest BCUT2D eigenvalue weighted by Crippen LogP contribution is 2.17. The summed E-state index contributed by atoms with van der Waals surface area (Å²) < 4.78 is 13.8. The molecule has 2 aromatic rings. The average molecular weight is 303 g/mol. The van der Waals surface area contributed by atoms with Crippen LogP contribution in [0.15, 0.2) is 35.0 Å². The average Bonchev–Trinajstić information content (AvgIpc) is 3.00. The third kappa shape index (κ3) is 3.91. The summed E-state index contributed by atoms with van der Waals surface area (Å²) in [5.74, 6) is 3.94. The van der Waals surface area contributed by atoms with E-state index in [0.29, 0.717) is 0 Å². The number of thiophene rings is 1. The number of carbonyl (C=O) groups is 1. The van der Waals surface area contributed by atoms with E-state index in [1.165, 1.54) is 12.1 Å². The Balaban J connectivity index is 2.11. The molecule has 0 radical (unpaired) electrons. The number of halogens is 1. The maximum atomic E-state index is 13.8. The van der Waals surface area contributed by atoms with Crippen LogP contribution in [0, 0.1) is 17.7 Å². The van der Waals surface area contributed by atoms with Crippen molar-refractivity contribution in [3.05, 3.63) is 57.5 Å². The van der Waals surface area contributed by atoms with E-state index in [-0.39, 0.29) is 29.7 Å². The molecule has 0 saturated heterocycles. The quantitative estimate of drug-likeness (QED) is 0.857. The summed E-state index contributed by atoms with van der Waals surface area (Å²) in [7, 11) is 0. The number of amides is 1. The minimum Gasteiger partial charge on any atom is -0.384 e. The van der Waals surface area contributed by atoms with E-state index in [9.17, 15) is 9.18 Å². The van der Waals surface area contributed by atoms with Gasteiger partial charge in [-0.3, -0.25) is 4.79 Å². The van der Waals surface area contributed by atoms with Gasteiger partial charge >= 0.3 is 0 Å². The number of hydrogen-bond acceptors (Lipinski definition) is 3. The van der Waals surface area contributed by atoms with E-state index in [1.807, 2.05) is 23.8 Å². The molecule has 1 heterocycles. The van der Waals surface area contributed by atoms with Gasteiger partial charge in [0.25, 0.3) is 5.91 Å². The molecule has 1 aromatic heterocycles. The van der Waals surface area contributed by atoms with Gasteiger partial charge in [0.1, 0.15) is 12.4 Å². The van der Waals surface area contributed by atoms with Gasteiger partial charge in [0.05, 0.1) is 11.6 Å². The zero-order valence-corrected chi connectivity index (χ0v) is 12.2. The van der Waals surface area contributed by atoms with E-state index < -0.39 is 5.82 Å². The number of nitrogens with one attached hydrogen (secondary N) is 1.